The van der Waals surface area contributed by atoms with Crippen LogP contribution in [0.4, 0.5) is 4.39 Å². The number of halogens is 1. The highest BCUT2D eigenvalue weighted by molar-refractivity contribution is 7.89. The molecule has 4 nitrogen and oxygen atoms in total. The van der Waals surface area contributed by atoms with E-state index in [1.54, 1.807) is 6.92 Å². The summed E-state index contributed by atoms with van der Waals surface area (Å²) in [4.78, 5) is 3.49. The van der Waals surface area contributed by atoms with Crippen molar-refractivity contribution in [3.05, 3.63) is 24.1 Å². The third kappa shape index (κ3) is 3.29. The number of nitrogens with one attached hydrogen (secondary N) is 1. The molecule has 86 valence electrons. The maximum Gasteiger partial charge on any atom is 0.261 e. The maximum absolute atomic E-state index is 13.2. The summed E-state index contributed by atoms with van der Waals surface area (Å²) < 4.78 is 38.5. The van der Waals surface area contributed by atoms with Crippen molar-refractivity contribution in [1.29, 1.82) is 0 Å². The molecule has 0 amide bonds. The molecule has 0 aliphatic heterocycles. The van der Waals surface area contributed by atoms with Crippen molar-refractivity contribution < 1.29 is 12.8 Å². The monoisotopic (exact) mass is 242 g/mol. The predicted molar refractivity (Wildman–Crippen MR) is 57.5 cm³/mol. The van der Waals surface area contributed by atoms with Gasteiger partial charge in [0.2, 0.25) is 5.03 Å². The molecule has 16 heavy (non-hydrogen) atoms. The van der Waals surface area contributed by atoms with Crippen LogP contribution in [0.5, 0.6) is 0 Å². The minimum absolute atomic E-state index is 0.138. The van der Waals surface area contributed by atoms with Crippen molar-refractivity contribution in [2.45, 2.75) is 18.4 Å². The van der Waals surface area contributed by atoms with Crippen LogP contribution < -0.4 is 4.72 Å². The van der Waals surface area contributed by atoms with Gasteiger partial charge in [-0.3, -0.25) is 0 Å². The van der Waals surface area contributed by atoms with E-state index in [-0.39, 0.29) is 6.54 Å². The molecule has 0 saturated carbocycles. The molecule has 0 radical (unpaired) electrons. The summed E-state index contributed by atoms with van der Waals surface area (Å²) in [5, 5.41) is -0.584. The lowest BCUT2D eigenvalue weighted by atomic mass is 10.4. The quantitative estimate of drug-likeness (QED) is 0.630. The van der Waals surface area contributed by atoms with Crippen molar-refractivity contribution in [3.63, 3.8) is 0 Å². The zero-order chi connectivity index (χ0) is 12.0. The standard InChI is InChI=1S/C10H11FN2O2S/c1-2-3-4-8-13-16(14,15)10-9(11)6-5-7-12-10/h5-7,13H,4,8H2,1H3. The Labute approximate surface area is 94.0 Å². The number of aromatic nitrogens is 1. The first-order valence-corrected chi connectivity index (χ1v) is 6.06. The fraction of sp³-hybridized carbons (Fsp3) is 0.300. The highest BCUT2D eigenvalue weighted by atomic mass is 32.2. The Morgan fingerprint density at radius 1 is 1.56 bits per heavy atom. The van der Waals surface area contributed by atoms with E-state index in [1.165, 1.54) is 12.3 Å². The first-order valence-electron chi connectivity index (χ1n) is 4.57. The van der Waals surface area contributed by atoms with Crippen LogP contribution >= 0.6 is 0 Å². The van der Waals surface area contributed by atoms with Crippen LogP contribution in [0.15, 0.2) is 23.4 Å². The fourth-order valence-electron chi connectivity index (χ4n) is 1.01. The van der Waals surface area contributed by atoms with Crippen molar-refractivity contribution in [3.8, 4) is 11.8 Å². The molecule has 1 aromatic heterocycles. The van der Waals surface area contributed by atoms with Crippen molar-refractivity contribution >= 4 is 10.0 Å². The minimum atomic E-state index is -3.88. The van der Waals surface area contributed by atoms with Gasteiger partial charge in [-0.1, -0.05) is 0 Å². The molecule has 0 bridgehead atoms. The zero-order valence-corrected chi connectivity index (χ0v) is 9.51. The highest BCUT2D eigenvalue weighted by Crippen LogP contribution is 2.09. The van der Waals surface area contributed by atoms with E-state index in [1.807, 2.05) is 0 Å². The summed E-state index contributed by atoms with van der Waals surface area (Å²) in [7, 11) is -3.88. The average molecular weight is 242 g/mol. The lowest BCUT2D eigenvalue weighted by Gasteiger charge is -2.04. The number of pyridine rings is 1. The number of rotatable bonds is 4. The van der Waals surface area contributed by atoms with Gasteiger partial charge < -0.3 is 0 Å². The molecular formula is C10H11FN2O2S. The van der Waals surface area contributed by atoms with Crippen molar-refractivity contribution in [1.82, 2.24) is 9.71 Å². The van der Waals surface area contributed by atoms with E-state index in [2.05, 4.69) is 21.5 Å². The Bertz CT molecular complexity index is 517. The molecule has 6 heteroatoms. The lowest BCUT2D eigenvalue weighted by Crippen LogP contribution is -2.26. The Kier molecular flexibility index (Phi) is 4.40. The van der Waals surface area contributed by atoms with Crippen LogP contribution in [0.1, 0.15) is 13.3 Å². The number of sulfonamides is 1. The topological polar surface area (TPSA) is 59.1 Å². The molecule has 0 aliphatic carbocycles. The van der Waals surface area contributed by atoms with Gasteiger partial charge in [-0.15, -0.1) is 11.8 Å². The number of nitrogens with zero attached hydrogens (tertiary/aromatic N) is 1. The maximum atomic E-state index is 13.2. The molecular weight excluding hydrogens is 231 g/mol. The Balaban J connectivity index is 2.78. The molecule has 1 rings (SSSR count). The normalized spacial score (nSPS) is 10.6. The largest absolute Gasteiger partial charge is 0.261 e. The SMILES string of the molecule is CC#CCCNS(=O)(=O)c1ncccc1F. The molecule has 0 unspecified atom stereocenters. The molecule has 0 atom stereocenters. The Hall–Kier alpha value is -1.45. The summed E-state index contributed by atoms with van der Waals surface area (Å²) in [6.45, 7) is 1.80. The minimum Gasteiger partial charge on any atom is -0.241 e. The summed E-state index contributed by atoms with van der Waals surface area (Å²) >= 11 is 0. The number of hydrogen-bond acceptors (Lipinski definition) is 3. The highest BCUT2D eigenvalue weighted by Gasteiger charge is 2.19. The third-order valence-electron chi connectivity index (χ3n) is 1.70. The van der Waals surface area contributed by atoms with Crippen LogP contribution in [0, 0.1) is 17.7 Å². The van der Waals surface area contributed by atoms with Gasteiger partial charge in [0.15, 0.2) is 5.82 Å². The van der Waals surface area contributed by atoms with Gasteiger partial charge in [-0.05, 0) is 19.1 Å². The summed E-state index contributed by atoms with van der Waals surface area (Å²) in [5.74, 6) is 4.46. The molecule has 1 aromatic rings. The van der Waals surface area contributed by atoms with Crippen LogP contribution in [0.25, 0.3) is 0 Å². The molecule has 0 fully saturated rings. The predicted octanol–water partition coefficient (Wildman–Crippen LogP) is 0.912. The Morgan fingerprint density at radius 2 is 2.31 bits per heavy atom. The van der Waals surface area contributed by atoms with Crippen molar-refractivity contribution in [2.75, 3.05) is 6.54 Å². The van der Waals surface area contributed by atoms with Crippen LogP contribution in [0.3, 0.4) is 0 Å². The van der Waals surface area contributed by atoms with Crippen molar-refractivity contribution in [2.24, 2.45) is 0 Å². The molecule has 0 saturated heterocycles. The smallest absolute Gasteiger partial charge is 0.241 e. The van der Waals surface area contributed by atoms with Gasteiger partial charge in [0.25, 0.3) is 10.0 Å². The van der Waals surface area contributed by atoms with E-state index >= 15 is 0 Å². The van der Waals surface area contributed by atoms with Gasteiger partial charge in [-0.2, -0.15) is 0 Å². The first-order chi connectivity index (χ1) is 7.58. The van der Waals surface area contributed by atoms with Gasteiger partial charge >= 0.3 is 0 Å². The average Bonchev–Trinajstić information content (AvgIpc) is 2.25. The zero-order valence-electron chi connectivity index (χ0n) is 8.70. The van der Waals surface area contributed by atoms with Gasteiger partial charge in [0.1, 0.15) is 0 Å². The molecule has 0 aliphatic rings. The third-order valence-corrected chi connectivity index (χ3v) is 3.09. The second kappa shape index (κ2) is 5.58. The van der Waals surface area contributed by atoms with Crippen LogP contribution in [-0.2, 0) is 10.0 Å². The van der Waals surface area contributed by atoms with E-state index in [4.69, 9.17) is 0 Å². The summed E-state index contributed by atoms with van der Waals surface area (Å²) in [6, 6.07) is 2.38. The molecule has 1 N–H and O–H groups in total. The summed E-state index contributed by atoms with van der Waals surface area (Å²) in [5.41, 5.74) is 0. The first kappa shape index (κ1) is 12.6. The Morgan fingerprint density at radius 3 is 2.94 bits per heavy atom. The van der Waals surface area contributed by atoms with E-state index in [0.717, 1.165) is 6.07 Å². The van der Waals surface area contributed by atoms with Gasteiger partial charge in [0.05, 0.1) is 0 Å². The second-order valence-corrected chi connectivity index (χ2v) is 4.55. The van der Waals surface area contributed by atoms with Crippen LogP contribution in [0.2, 0.25) is 0 Å². The van der Waals surface area contributed by atoms with Gasteiger partial charge in [0, 0.05) is 19.2 Å². The molecule has 1 heterocycles. The van der Waals surface area contributed by atoms with E-state index in [9.17, 15) is 12.8 Å². The number of hydrogen-bond donors (Lipinski definition) is 1. The van der Waals surface area contributed by atoms with E-state index < -0.39 is 20.9 Å². The fourth-order valence-corrected chi connectivity index (χ4v) is 2.04. The lowest BCUT2D eigenvalue weighted by molar-refractivity contribution is 0.545. The molecule has 0 spiro atoms. The second-order valence-electron chi connectivity index (χ2n) is 2.86. The van der Waals surface area contributed by atoms with Gasteiger partial charge in [-0.25, -0.2) is 22.5 Å². The molecule has 0 aromatic carbocycles. The van der Waals surface area contributed by atoms with Crippen LogP contribution in [-0.4, -0.2) is 19.9 Å². The van der Waals surface area contributed by atoms with E-state index in [0.29, 0.717) is 6.42 Å². The summed E-state index contributed by atoms with van der Waals surface area (Å²) in [6.07, 6.45) is 1.60.